The maximum atomic E-state index is 13.3. The quantitative estimate of drug-likeness (QED) is 0.298. The lowest BCUT2D eigenvalue weighted by atomic mass is 10.1. The molecule has 0 aliphatic heterocycles. The van der Waals surface area contributed by atoms with Crippen LogP contribution in [0.4, 0.5) is 18.9 Å². The first-order valence-corrected chi connectivity index (χ1v) is 11.5. The zero-order valence-electron chi connectivity index (χ0n) is 18.6. The first-order chi connectivity index (χ1) is 16.8. The van der Waals surface area contributed by atoms with Crippen LogP contribution < -0.4 is 10.1 Å². The molecule has 1 N–H and O–H groups in total. The van der Waals surface area contributed by atoms with Crippen LogP contribution in [0.15, 0.2) is 66.0 Å². The minimum atomic E-state index is -4.50. The Balaban J connectivity index is 1.63. The maximum Gasteiger partial charge on any atom is 0.416 e. The van der Waals surface area contributed by atoms with Crippen molar-refractivity contribution in [1.29, 1.82) is 0 Å². The highest BCUT2D eigenvalue weighted by molar-refractivity contribution is 7.12. The van der Waals surface area contributed by atoms with E-state index in [0.29, 0.717) is 29.5 Å². The van der Waals surface area contributed by atoms with Crippen molar-refractivity contribution in [3.8, 4) is 23.1 Å². The van der Waals surface area contributed by atoms with Gasteiger partial charge in [-0.05, 0) is 54.8 Å². The Morgan fingerprint density at radius 3 is 2.57 bits per heavy atom. The molecule has 0 aliphatic carbocycles. The highest BCUT2D eigenvalue weighted by Crippen LogP contribution is 2.33. The molecule has 11 heteroatoms. The van der Waals surface area contributed by atoms with Crippen LogP contribution in [-0.4, -0.2) is 40.5 Å². The van der Waals surface area contributed by atoms with E-state index in [9.17, 15) is 18.0 Å². The number of hydrogen-bond donors (Lipinski definition) is 1. The second-order valence-electron chi connectivity index (χ2n) is 7.23. The lowest BCUT2D eigenvalue weighted by Crippen LogP contribution is -2.10. The Morgan fingerprint density at radius 1 is 1.09 bits per heavy atom. The van der Waals surface area contributed by atoms with Gasteiger partial charge in [0.25, 0.3) is 5.91 Å². The number of alkyl halides is 3. The molecule has 4 aromatic rings. The fourth-order valence-corrected chi connectivity index (χ4v) is 3.80. The van der Waals surface area contributed by atoms with E-state index in [2.05, 4.69) is 15.4 Å². The van der Waals surface area contributed by atoms with Crippen LogP contribution >= 0.6 is 11.3 Å². The number of carbonyl (C=O) groups is 1. The molecule has 2 heterocycles. The van der Waals surface area contributed by atoms with Crippen molar-refractivity contribution in [1.82, 2.24) is 14.8 Å². The van der Waals surface area contributed by atoms with Gasteiger partial charge in [0, 0.05) is 17.9 Å². The van der Waals surface area contributed by atoms with E-state index < -0.39 is 11.7 Å². The molecule has 0 aliphatic rings. The molecule has 35 heavy (non-hydrogen) atoms. The maximum absolute atomic E-state index is 13.3. The molecule has 1 amide bonds. The molecule has 2 aromatic heterocycles. The number of halogens is 3. The van der Waals surface area contributed by atoms with Gasteiger partial charge in [-0.15, -0.1) is 16.4 Å². The topological polar surface area (TPSA) is 78.3 Å². The van der Waals surface area contributed by atoms with Gasteiger partial charge in [0.05, 0.1) is 22.7 Å². The first kappa shape index (κ1) is 24.4. The number of nitrogens with one attached hydrogen (secondary N) is 1. The SMILES string of the molecule is CCOCCOc1nc(-c2cccc(C(F)(F)F)c2)n(-c2ccc(NC(=O)c3cccs3)cc2)n1. The minimum Gasteiger partial charge on any atom is -0.460 e. The van der Waals surface area contributed by atoms with Crippen LogP contribution in [0.1, 0.15) is 22.2 Å². The second kappa shape index (κ2) is 10.7. The van der Waals surface area contributed by atoms with E-state index in [1.54, 1.807) is 36.4 Å². The third-order valence-corrected chi connectivity index (χ3v) is 5.68. The third-order valence-electron chi connectivity index (χ3n) is 4.81. The van der Waals surface area contributed by atoms with Crippen LogP contribution in [0.2, 0.25) is 0 Å². The molecular weight excluding hydrogens is 481 g/mol. The van der Waals surface area contributed by atoms with Crippen molar-refractivity contribution < 1.29 is 27.4 Å². The van der Waals surface area contributed by atoms with Gasteiger partial charge >= 0.3 is 12.2 Å². The van der Waals surface area contributed by atoms with Crippen molar-refractivity contribution in [2.24, 2.45) is 0 Å². The summed E-state index contributed by atoms with van der Waals surface area (Å²) in [6, 6.07) is 15.1. The number of nitrogens with zero attached hydrogens (tertiary/aromatic N) is 3. The number of anilines is 1. The molecule has 0 saturated heterocycles. The average Bonchev–Trinajstić information content (AvgIpc) is 3.53. The highest BCUT2D eigenvalue weighted by atomic mass is 32.1. The predicted octanol–water partition coefficient (Wildman–Crippen LogP) is 5.68. The molecule has 0 bridgehead atoms. The van der Waals surface area contributed by atoms with E-state index in [0.717, 1.165) is 12.1 Å². The van der Waals surface area contributed by atoms with Gasteiger partial charge in [0.15, 0.2) is 5.82 Å². The standard InChI is InChI=1S/C24H21F3N4O3S/c1-2-33-12-13-34-23-29-21(16-5-3-6-17(15-16)24(25,26)27)31(30-23)19-10-8-18(9-11-19)28-22(32)20-7-4-14-35-20/h3-11,14-15H,2,12-13H2,1H3,(H,28,32). The van der Waals surface area contributed by atoms with E-state index in [4.69, 9.17) is 9.47 Å². The third kappa shape index (κ3) is 6.06. The molecular formula is C24H21F3N4O3S. The zero-order chi connectivity index (χ0) is 24.8. The minimum absolute atomic E-state index is 0.00666. The molecule has 0 spiro atoms. The van der Waals surface area contributed by atoms with Gasteiger partial charge < -0.3 is 14.8 Å². The summed E-state index contributed by atoms with van der Waals surface area (Å²) >= 11 is 1.33. The van der Waals surface area contributed by atoms with Crippen LogP contribution in [0.3, 0.4) is 0 Å². The Labute approximate surface area is 203 Å². The molecule has 0 saturated carbocycles. The van der Waals surface area contributed by atoms with Crippen molar-refractivity contribution in [2.45, 2.75) is 13.1 Å². The molecule has 0 atom stereocenters. The summed E-state index contributed by atoms with van der Waals surface area (Å²) in [6.45, 7) is 2.89. The van der Waals surface area contributed by atoms with Crippen LogP contribution in [0.25, 0.3) is 17.1 Å². The molecule has 0 radical (unpaired) electrons. The molecule has 7 nitrogen and oxygen atoms in total. The smallest absolute Gasteiger partial charge is 0.416 e. The molecule has 4 rings (SSSR count). The number of benzene rings is 2. The Hall–Kier alpha value is -3.70. The summed E-state index contributed by atoms with van der Waals surface area (Å²) in [7, 11) is 0. The van der Waals surface area contributed by atoms with E-state index in [-0.39, 0.29) is 29.9 Å². The average molecular weight is 503 g/mol. The van der Waals surface area contributed by atoms with Crippen molar-refractivity contribution in [3.63, 3.8) is 0 Å². The van der Waals surface area contributed by atoms with Crippen LogP contribution in [0.5, 0.6) is 6.01 Å². The van der Waals surface area contributed by atoms with Gasteiger partial charge in [0.1, 0.15) is 6.61 Å². The summed E-state index contributed by atoms with van der Waals surface area (Å²) in [5, 5.41) is 8.95. The summed E-state index contributed by atoms with van der Waals surface area (Å²) in [6.07, 6.45) is -4.50. The number of rotatable bonds is 9. The van der Waals surface area contributed by atoms with Gasteiger partial charge in [-0.2, -0.15) is 18.2 Å². The number of hydrogen-bond acceptors (Lipinski definition) is 6. The van der Waals surface area contributed by atoms with Gasteiger partial charge in [-0.25, -0.2) is 4.68 Å². The van der Waals surface area contributed by atoms with E-state index in [1.807, 2.05) is 12.3 Å². The van der Waals surface area contributed by atoms with Crippen molar-refractivity contribution in [2.75, 3.05) is 25.1 Å². The largest absolute Gasteiger partial charge is 0.460 e. The van der Waals surface area contributed by atoms with E-state index >= 15 is 0 Å². The first-order valence-electron chi connectivity index (χ1n) is 10.7. The van der Waals surface area contributed by atoms with Crippen molar-refractivity contribution in [3.05, 3.63) is 76.5 Å². The Kier molecular flexibility index (Phi) is 7.47. The van der Waals surface area contributed by atoms with Crippen LogP contribution in [0, 0.1) is 0 Å². The lowest BCUT2D eigenvalue weighted by Gasteiger charge is -2.10. The van der Waals surface area contributed by atoms with Gasteiger partial charge in [-0.3, -0.25) is 4.79 Å². The van der Waals surface area contributed by atoms with Gasteiger partial charge in [-0.1, -0.05) is 18.2 Å². The predicted molar refractivity (Wildman–Crippen MR) is 126 cm³/mol. The van der Waals surface area contributed by atoms with Crippen LogP contribution in [-0.2, 0) is 10.9 Å². The highest BCUT2D eigenvalue weighted by Gasteiger charge is 2.31. The Morgan fingerprint density at radius 2 is 1.89 bits per heavy atom. The lowest BCUT2D eigenvalue weighted by molar-refractivity contribution is -0.137. The molecule has 182 valence electrons. The zero-order valence-corrected chi connectivity index (χ0v) is 19.4. The summed E-state index contributed by atoms with van der Waals surface area (Å²) < 4.78 is 52.0. The number of aromatic nitrogens is 3. The fourth-order valence-electron chi connectivity index (χ4n) is 3.18. The number of carbonyl (C=O) groups excluding carboxylic acids is 1. The molecule has 0 fully saturated rings. The number of thiophene rings is 1. The second-order valence-corrected chi connectivity index (χ2v) is 8.18. The monoisotopic (exact) mass is 502 g/mol. The van der Waals surface area contributed by atoms with Crippen molar-refractivity contribution >= 4 is 22.9 Å². The summed E-state index contributed by atoms with van der Waals surface area (Å²) in [5.41, 5.74) is 0.511. The van der Waals surface area contributed by atoms with Gasteiger partial charge in [0.2, 0.25) is 0 Å². The number of ether oxygens (including phenoxy) is 2. The normalized spacial score (nSPS) is 11.4. The fraction of sp³-hybridized carbons (Fsp3) is 0.208. The molecule has 0 unspecified atom stereocenters. The summed E-state index contributed by atoms with van der Waals surface area (Å²) in [5.74, 6) is -0.0546. The summed E-state index contributed by atoms with van der Waals surface area (Å²) in [4.78, 5) is 17.2. The number of amides is 1. The van der Waals surface area contributed by atoms with E-state index in [1.165, 1.54) is 28.2 Å². The Bertz CT molecular complexity index is 1270. The molecule has 2 aromatic carbocycles.